The Labute approximate surface area is 209 Å². The maximum Gasteiger partial charge on any atom is 0.328 e. The number of carbonyl (C=O) groups excluding carboxylic acids is 3. The predicted octanol–water partition coefficient (Wildman–Crippen LogP) is -0.900. The summed E-state index contributed by atoms with van der Waals surface area (Å²) in [4.78, 5) is 56.7. The Morgan fingerprint density at radius 2 is 1.56 bits per heavy atom. The summed E-state index contributed by atoms with van der Waals surface area (Å²) in [5, 5.41) is 25.9. The number of hydrogen-bond donors (Lipinski definition) is 7. The third kappa shape index (κ3) is 9.12. The number of nitrogens with zero attached hydrogens (tertiary/aromatic N) is 1. The molecule has 36 heavy (non-hydrogen) atoms. The van der Waals surface area contributed by atoms with Gasteiger partial charge in [-0.05, 0) is 24.3 Å². The lowest BCUT2D eigenvalue weighted by Crippen LogP contribution is -2.58. The van der Waals surface area contributed by atoms with Crippen molar-refractivity contribution >= 4 is 23.7 Å². The van der Waals surface area contributed by atoms with E-state index in [1.165, 1.54) is 12.5 Å². The van der Waals surface area contributed by atoms with E-state index in [9.17, 15) is 24.3 Å². The summed E-state index contributed by atoms with van der Waals surface area (Å²) in [6, 6.07) is 4.62. The van der Waals surface area contributed by atoms with Crippen molar-refractivity contribution in [3.63, 3.8) is 0 Å². The number of aliphatic hydroxyl groups excluding tert-OH is 1. The van der Waals surface area contributed by atoms with Gasteiger partial charge in [-0.1, -0.05) is 44.2 Å². The number of nitrogens with two attached hydrogens (primary N) is 1. The molecule has 1 aromatic carbocycles. The SMILES string of the molecule is CC(C)CC(NC(=O)C(N)Cc1ccccc1)C(=O)NC(Cc1cnc[nH]1)C(=O)NC(CO)C(=O)O. The number of benzene rings is 1. The smallest absolute Gasteiger partial charge is 0.328 e. The highest BCUT2D eigenvalue weighted by Gasteiger charge is 2.31. The molecule has 0 radical (unpaired) electrons. The van der Waals surface area contributed by atoms with Crippen LogP contribution in [0.5, 0.6) is 0 Å². The number of H-pyrrole nitrogens is 1. The molecular weight excluding hydrogens is 468 g/mol. The van der Waals surface area contributed by atoms with E-state index in [0.29, 0.717) is 5.69 Å². The van der Waals surface area contributed by atoms with Gasteiger partial charge in [0, 0.05) is 18.3 Å². The summed E-state index contributed by atoms with van der Waals surface area (Å²) < 4.78 is 0. The van der Waals surface area contributed by atoms with Gasteiger partial charge in [0.05, 0.1) is 19.0 Å². The van der Waals surface area contributed by atoms with Crippen LogP contribution >= 0.6 is 0 Å². The summed E-state index contributed by atoms with van der Waals surface area (Å²) in [7, 11) is 0. The molecule has 8 N–H and O–H groups in total. The molecule has 0 aliphatic rings. The first-order valence-corrected chi connectivity index (χ1v) is 11.6. The summed E-state index contributed by atoms with van der Waals surface area (Å²) in [6.07, 6.45) is 3.40. The number of hydrogen-bond acceptors (Lipinski definition) is 7. The zero-order chi connectivity index (χ0) is 26.7. The Bertz CT molecular complexity index is 998. The molecule has 0 saturated carbocycles. The van der Waals surface area contributed by atoms with Gasteiger partial charge in [0.15, 0.2) is 0 Å². The van der Waals surface area contributed by atoms with Crippen LogP contribution < -0.4 is 21.7 Å². The highest BCUT2D eigenvalue weighted by atomic mass is 16.4. The van der Waals surface area contributed by atoms with Crippen molar-refractivity contribution in [1.29, 1.82) is 0 Å². The second-order valence-electron chi connectivity index (χ2n) is 8.91. The largest absolute Gasteiger partial charge is 0.480 e. The third-order valence-electron chi connectivity index (χ3n) is 5.38. The summed E-state index contributed by atoms with van der Waals surface area (Å²) in [5.41, 5.74) is 7.46. The lowest BCUT2D eigenvalue weighted by molar-refractivity contribution is -0.143. The van der Waals surface area contributed by atoms with Crippen LogP contribution in [0.3, 0.4) is 0 Å². The molecule has 0 spiro atoms. The molecule has 0 aliphatic heterocycles. The van der Waals surface area contributed by atoms with E-state index in [4.69, 9.17) is 10.8 Å². The van der Waals surface area contributed by atoms with Gasteiger partial charge in [0.25, 0.3) is 0 Å². The van der Waals surface area contributed by atoms with E-state index in [1.54, 1.807) is 0 Å². The van der Waals surface area contributed by atoms with Crippen LogP contribution in [0, 0.1) is 5.92 Å². The van der Waals surface area contributed by atoms with Crippen LogP contribution in [-0.4, -0.2) is 74.6 Å². The van der Waals surface area contributed by atoms with Crippen molar-refractivity contribution in [3.8, 4) is 0 Å². The highest BCUT2D eigenvalue weighted by molar-refractivity contribution is 5.94. The van der Waals surface area contributed by atoms with E-state index in [-0.39, 0.29) is 25.2 Å². The number of carboxylic acid groups (broad SMARTS) is 1. The van der Waals surface area contributed by atoms with Crippen molar-refractivity contribution in [2.45, 2.75) is 57.3 Å². The molecular formula is C24H34N6O6. The normalized spacial score (nSPS) is 14.4. The van der Waals surface area contributed by atoms with E-state index in [0.717, 1.165) is 5.56 Å². The van der Waals surface area contributed by atoms with Crippen molar-refractivity contribution in [2.75, 3.05) is 6.61 Å². The molecule has 12 nitrogen and oxygen atoms in total. The van der Waals surface area contributed by atoms with Crippen LogP contribution in [-0.2, 0) is 32.0 Å². The minimum absolute atomic E-state index is 0.0226. The van der Waals surface area contributed by atoms with Crippen LogP contribution in [0.2, 0.25) is 0 Å². The number of aromatic nitrogens is 2. The summed E-state index contributed by atoms with van der Waals surface area (Å²) in [5.74, 6) is -3.35. The molecule has 12 heteroatoms. The molecule has 1 heterocycles. The number of carboxylic acids is 1. The number of aromatic amines is 1. The van der Waals surface area contributed by atoms with Crippen molar-refractivity contribution < 1.29 is 29.4 Å². The van der Waals surface area contributed by atoms with Gasteiger partial charge in [0.2, 0.25) is 17.7 Å². The first-order chi connectivity index (χ1) is 17.1. The van der Waals surface area contributed by atoms with Crippen LogP contribution in [0.1, 0.15) is 31.5 Å². The number of amides is 3. The van der Waals surface area contributed by atoms with Gasteiger partial charge >= 0.3 is 5.97 Å². The summed E-state index contributed by atoms with van der Waals surface area (Å²) in [6.45, 7) is 2.94. The van der Waals surface area contributed by atoms with Crippen LogP contribution in [0.15, 0.2) is 42.9 Å². The Morgan fingerprint density at radius 3 is 2.11 bits per heavy atom. The highest BCUT2D eigenvalue weighted by Crippen LogP contribution is 2.09. The number of imidazole rings is 1. The topological polar surface area (TPSA) is 200 Å². The Kier molecular flexibility index (Phi) is 11.0. The minimum Gasteiger partial charge on any atom is -0.480 e. The van der Waals surface area contributed by atoms with Gasteiger partial charge in [0.1, 0.15) is 18.1 Å². The van der Waals surface area contributed by atoms with Crippen LogP contribution in [0.4, 0.5) is 0 Å². The Hall–Kier alpha value is -3.77. The number of aliphatic carboxylic acids is 1. The third-order valence-corrected chi connectivity index (χ3v) is 5.38. The van der Waals surface area contributed by atoms with Crippen molar-refractivity contribution in [2.24, 2.45) is 11.7 Å². The molecule has 1 aromatic heterocycles. The second kappa shape index (κ2) is 14.0. The van der Waals surface area contributed by atoms with Crippen LogP contribution in [0.25, 0.3) is 0 Å². The maximum absolute atomic E-state index is 13.2. The number of nitrogens with one attached hydrogen (secondary N) is 4. The summed E-state index contributed by atoms with van der Waals surface area (Å²) >= 11 is 0. The molecule has 4 atom stereocenters. The quantitative estimate of drug-likeness (QED) is 0.172. The second-order valence-corrected chi connectivity index (χ2v) is 8.91. The van der Waals surface area contributed by atoms with E-state index >= 15 is 0 Å². The van der Waals surface area contributed by atoms with Gasteiger partial charge in [-0.2, -0.15) is 0 Å². The standard InChI is InChI=1S/C24H34N6O6/c1-14(2)8-18(28-21(32)17(25)9-15-6-4-3-5-7-15)22(33)29-19(10-16-11-26-13-27-16)23(34)30-20(12-31)24(35)36/h3-7,11,13-14,17-20,31H,8-10,12,25H2,1-2H3,(H,26,27)(H,28,32)(H,29,33)(H,30,34)(H,35,36). The molecule has 3 amide bonds. The predicted molar refractivity (Wildman–Crippen MR) is 130 cm³/mol. The zero-order valence-electron chi connectivity index (χ0n) is 20.3. The average molecular weight is 503 g/mol. The Balaban J connectivity index is 2.14. The molecule has 2 aromatic rings. The van der Waals surface area contributed by atoms with Gasteiger partial charge < -0.3 is 36.9 Å². The van der Waals surface area contributed by atoms with Gasteiger partial charge in [-0.15, -0.1) is 0 Å². The maximum atomic E-state index is 13.2. The fraction of sp³-hybridized carbons (Fsp3) is 0.458. The zero-order valence-corrected chi connectivity index (χ0v) is 20.3. The first-order valence-electron chi connectivity index (χ1n) is 11.6. The molecule has 2 rings (SSSR count). The number of rotatable bonds is 14. The lowest BCUT2D eigenvalue weighted by Gasteiger charge is -2.25. The Morgan fingerprint density at radius 1 is 0.944 bits per heavy atom. The average Bonchev–Trinajstić information content (AvgIpc) is 3.34. The molecule has 196 valence electrons. The fourth-order valence-corrected chi connectivity index (χ4v) is 3.50. The van der Waals surface area contributed by atoms with Crippen molar-refractivity contribution in [3.05, 3.63) is 54.1 Å². The van der Waals surface area contributed by atoms with E-state index in [2.05, 4.69) is 25.9 Å². The number of aliphatic hydroxyl groups is 1. The number of carbonyl (C=O) groups is 4. The van der Waals surface area contributed by atoms with Crippen molar-refractivity contribution in [1.82, 2.24) is 25.9 Å². The fourth-order valence-electron chi connectivity index (χ4n) is 3.50. The van der Waals surface area contributed by atoms with E-state index < -0.39 is 54.5 Å². The first kappa shape index (κ1) is 28.5. The molecule has 0 bridgehead atoms. The van der Waals surface area contributed by atoms with E-state index in [1.807, 2.05) is 44.2 Å². The molecule has 0 saturated heterocycles. The lowest BCUT2D eigenvalue weighted by atomic mass is 10.0. The van der Waals surface area contributed by atoms with Gasteiger partial charge in [-0.3, -0.25) is 14.4 Å². The van der Waals surface area contributed by atoms with Gasteiger partial charge in [-0.25, -0.2) is 9.78 Å². The molecule has 0 fully saturated rings. The monoisotopic (exact) mass is 502 g/mol. The molecule has 4 unspecified atom stereocenters. The minimum atomic E-state index is -1.54. The molecule has 0 aliphatic carbocycles.